The van der Waals surface area contributed by atoms with E-state index in [-0.39, 0.29) is 6.03 Å². The number of hydrogen-bond acceptors (Lipinski definition) is 4. The summed E-state index contributed by atoms with van der Waals surface area (Å²) in [6.07, 6.45) is 3.21. The van der Waals surface area contributed by atoms with E-state index in [1.54, 1.807) is 18.5 Å². The first kappa shape index (κ1) is 11.1. The molecule has 1 fully saturated rings. The molecule has 0 aromatic carbocycles. The molecule has 1 aliphatic heterocycles. The normalized spacial score (nSPS) is 17.2. The Morgan fingerprint density at radius 3 is 2.94 bits per heavy atom. The summed E-state index contributed by atoms with van der Waals surface area (Å²) in [6, 6.07) is 1.54. The molecule has 1 aliphatic rings. The van der Waals surface area contributed by atoms with Crippen molar-refractivity contribution in [1.29, 1.82) is 0 Å². The smallest absolute Gasteiger partial charge is 0.342 e. The van der Waals surface area contributed by atoms with Gasteiger partial charge in [-0.1, -0.05) is 0 Å². The minimum absolute atomic E-state index is 0.182. The molecule has 88 valence electrons. The van der Waals surface area contributed by atoms with Crippen molar-refractivity contribution >= 4 is 6.03 Å². The van der Waals surface area contributed by atoms with Gasteiger partial charge in [-0.05, 0) is 6.07 Å². The number of hydrogen-bond donors (Lipinski definition) is 1. The minimum atomic E-state index is -0.182. The molecule has 0 spiro atoms. The Labute approximate surface area is 94.2 Å². The molecule has 1 saturated heterocycles. The van der Waals surface area contributed by atoms with Crippen molar-refractivity contribution in [3.63, 3.8) is 0 Å². The lowest BCUT2D eigenvalue weighted by Gasteiger charge is -2.26. The van der Waals surface area contributed by atoms with Crippen LogP contribution in [0.4, 0.5) is 4.79 Å². The predicted octanol–water partition coefficient (Wildman–Crippen LogP) is -0.227. The molecule has 2 rings (SSSR count). The lowest BCUT2D eigenvalue weighted by molar-refractivity contribution is 0.0387. The van der Waals surface area contributed by atoms with Crippen LogP contribution in [-0.2, 0) is 4.74 Å². The number of carbonyl (C=O) groups is 1. The lowest BCUT2D eigenvalue weighted by atomic mass is 10.4. The molecular formula is C10H16N4O2. The van der Waals surface area contributed by atoms with E-state index < -0.39 is 0 Å². The number of nitrogens with one attached hydrogen (secondary N) is 1. The Balaban J connectivity index is 1.66. The first-order valence-corrected chi connectivity index (χ1v) is 5.44. The predicted molar refractivity (Wildman–Crippen MR) is 58.3 cm³/mol. The Kier molecular flexibility index (Phi) is 3.90. The average molecular weight is 224 g/mol. The van der Waals surface area contributed by atoms with Crippen molar-refractivity contribution in [2.75, 3.05) is 39.4 Å². The molecular weight excluding hydrogens is 208 g/mol. The quantitative estimate of drug-likeness (QED) is 0.770. The zero-order valence-electron chi connectivity index (χ0n) is 9.13. The molecule has 1 aromatic rings. The molecule has 0 aliphatic carbocycles. The maximum atomic E-state index is 11.5. The highest BCUT2D eigenvalue weighted by molar-refractivity contribution is 5.75. The maximum absolute atomic E-state index is 11.5. The molecule has 0 saturated carbocycles. The summed E-state index contributed by atoms with van der Waals surface area (Å²) in [6.45, 7) is 4.95. The first-order chi connectivity index (χ1) is 7.86. The van der Waals surface area contributed by atoms with E-state index in [4.69, 9.17) is 4.74 Å². The monoisotopic (exact) mass is 224 g/mol. The second-order valence-electron chi connectivity index (χ2n) is 3.64. The molecule has 1 aromatic heterocycles. The fourth-order valence-electron chi connectivity index (χ4n) is 1.62. The fraction of sp³-hybridized carbons (Fsp3) is 0.600. The van der Waals surface area contributed by atoms with Crippen LogP contribution < -0.4 is 5.32 Å². The highest BCUT2D eigenvalue weighted by Gasteiger charge is 2.10. The van der Waals surface area contributed by atoms with Crippen molar-refractivity contribution in [2.45, 2.75) is 0 Å². The SMILES string of the molecule is O=C(NCCN1CCOCC1)n1cccn1. The van der Waals surface area contributed by atoms with E-state index in [0.717, 1.165) is 32.8 Å². The van der Waals surface area contributed by atoms with Gasteiger partial charge in [-0.3, -0.25) is 4.90 Å². The largest absolute Gasteiger partial charge is 0.379 e. The van der Waals surface area contributed by atoms with Crippen molar-refractivity contribution in [1.82, 2.24) is 20.0 Å². The summed E-state index contributed by atoms with van der Waals surface area (Å²) in [5, 5.41) is 6.66. The Morgan fingerprint density at radius 1 is 1.44 bits per heavy atom. The van der Waals surface area contributed by atoms with E-state index >= 15 is 0 Å². The van der Waals surface area contributed by atoms with Gasteiger partial charge >= 0.3 is 6.03 Å². The second kappa shape index (κ2) is 5.62. The van der Waals surface area contributed by atoms with E-state index in [0.29, 0.717) is 6.54 Å². The average Bonchev–Trinajstić information content (AvgIpc) is 2.84. The van der Waals surface area contributed by atoms with Crippen molar-refractivity contribution in [2.24, 2.45) is 0 Å². The standard InChI is InChI=1S/C10H16N4O2/c15-10(14-4-1-2-12-14)11-3-5-13-6-8-16-9-7-13/h1-2,4H,3,5-9H2,(H,11,15). The van der Waals surface area contributed by atoms with Gasteiger partial charge in [-0.2, -0.15) is 9.78 Å². The van der Waals surface area contributed by atoms with Crippen molar-refractivity contribution in [3.8, 4) is 0 Å². The minimum Gasteiger partial charge on any atom is -0.379 e. The number of aromatic nitrogens is 2. The van der Waals surface area contributed by atoms with Crippen LogP contribution in [0.1, 0.15) is 0 Å². The van der Waals surface area contributed by atoms with Gasteiger partial charge in [0.1, 0.15) is 0 Å². The summed E-state index contributed by atoms with van der Waals surface area (Å²) in [4.78, 5) is 13.8. The van der Waals surface area contributed by atoms with E-state index in [1.807, 2.05) is 0 Å². The molecule has 0 radical (unpaired) electrons. The third kappa shape index (κ3) is 3.04. The Morgan fingerprint density at radius 2 is 2.25 bits per heavy atom. The van der Waals surface area contributed by atoms with Gasteiger partial charge in [-0.25, -0.2) is 4.79 Å². The molecule has 1 N–H and O–H groups in total. The number of amides is 1. The van der Waals surface area contributed by atoms with Crippen LogP contribution in [0.3, 0.4) is 0 Å². The van der Waals surface area contributed by atoms with Gasteiger partial charge in [0.15, 0.2) is 0 Å². The number of rotatable bonds is 3. The van der Waals surface area contributed by atoms with Gasteiger partial charge in [0.2, 0.25) is 0 Å². The zero-order valence-corrected chi connectivity index (χ0v) is 9.13. The van der Waals surface area contributed by atoms with Crippen LogP contribution in [0.2, 0.25) is 0 Å². The molecule has 6 heteroatoms. The highest BCUT2D eigenvalue weighted by Crippen LogP contribution is 1.94. The van der Waals surface area contributed by atoms with Gasteiger partial charge in [0, 0.05) is 38.6 Å². The van der Waals surface area contributed by atoms with Crippen LogP contribution in [0, 0.1) is 0 Å². The summed E-state index contributed by atoms with van der Waals surface area (Å²) < 4.78 is 6.53. The van der Waals surface area contributed by atoms with Crippen molar-refractivity contribution in [3.05, 3.63) is 18.5 Å². The third-order valence-corrected chi connectivity index (χ3v) is 2.52. The maximum Gasteiger partial charge on any atom is 0.342 e. The summed E-state index contributed by atoms with van der Waals surface area (Å²) >= 11 is 0. The molecule has 0 unspecified atom stereocenters. The number of carbonyl (C=O) groups excluding carboxylic acids is 1. The molecule has 2 heterocycles. The van der Waals surface area contributed by atoms with E-state index in [2.05, 4.69) is 15.3 Å². The highest BCUT2D eigenvalue weighted by atomic mass is 16.5. The Bertz CT molecular complexity index is 320. The zero-order chi connectivity index (χ0) is 11.2. The first-order valence-electron chi connectivity index (χ1n) is 5.44. The van der Waals surface area contributed by atoms with Gasteiger partial charge in [0.25, 0.3) is 0 Å². The van der Waals surface area contributed by atoms with Gasteiger partial charge in [0.05, 0.1) is 13.2 Å². The lowest BCUT2D eigenvalue weighted by Crippen LogP contribution is -2.42. The third-order valence-electron chi connectivity index (χ3n) is 2.52. The topological polar surface area (TPSA) is 59.4 Å². The van der Waals surface area contributed by atoms with Crippen LogP contribution in [-0.4, -0.2) is 60.1 Å². The van der Waals surface area contributed by atoms with E-state index in [1.165, 1.54) is 4.68 Å². The molecule has 16 heavy (non-hydrogen) atoms. The molecule has 1 amide bonds. The molecule has 6 nitrogen and oxygen atoms in total. The second-order valence-corrected chi connectivity index (χ2v) is 3.64. The van der Waals surface area contributed by atoms with Crippen LogP contribution in [0.15, 0.2) is 18.5 Å². The van der Waals surface area contributed by atoms with Crippen molar-refractivity contribution < 1.29 is 9.53 Å². The summed E-state index contributed by atoms with van der Waals surface area (Å²) in [5.74, 6) is 0. The van der Waals surface area contributed by atoms with Crippen LogP contribution in [0.5, 0.6) is 0 Å². The molecule has 0 atom stereocenters. The number of ether oxygens (including phenoxy) is 1. The fourth-order valence-corrected chi connectivity index (χ4v) is 1.62. The summed E-state index contributed by atoms with van der Waals surface area (Å²) in [7, 11) is 0. The van der Waals surface area contributed by atoms with Gasteiger partial charge in [-0.15, -0.1) is 0 Å². The van der Waals surface area contributed by atoms with E-state index in [9.17, 15) is 4.79 Å². The summed E-state index contributed by atoms with van der Waals surface area (Å²) in [5.41, 5.74) is 0. The number of nitrogens with zero attached hydrogens (tertiary/aromatic N) is 3. The van der Waals surface area contributed by atoms with Crippen LogP contribution >= 0.6 is 0 Å². The number of morpholine rings is 1. The van der Waals surface area contributed by atoms with Gasteiger partial charge < -0.3 is 10.1 Å². The Hall–Kier alpha value is -1.40. The van der Waals surface area contributed by atoms with Crippen LogP contribution in [0.25, 0.3) is 0 Å². The molecule has 0 bridgehead atoms.